The van der Waals surface area contributed by atoms with Crippen molar-refractivity contribution >= 4 is 15.9 Å². The first-order valence-corrected chi connectivity index (χ1v) is 5.99. The number of aliphatic hydroxyl groups excluding tert-OH is 1. The monoisotopic (exact) mass is 254 g/mol. The number of rotatable bonds is 4. The van der Waals surface area contributed by atoms with Crippen LogP contribution in [-0.4, -0.2) is 11.7 Å². The van der Waals surface area contributed by atoms with Crippen LogP contribution in [-0.2, 0) is 6.42 Å². The lowest BCUT2D eigenvalue weighted by molar-refractivity contribution is 0.288. The second-order valence-electron chi connectivity index (χ2n) is 3.99. The number of hydrogen-bond donors (Lipinski definition) is 1. The lowest BCUT2D eigenvalue weighted by atomic mass is 10.0. The first-order valence-electron chi connectivity index (χ1n) is 5.20. The number of aliphatic hydroxyl groups is 1. The fraction of sp³-hybridized carbons (Fsp3) is 0.500. The molecule has 2 rings (SSSR count). The Bertz CT molecular complexity index is 318. The molecule has 1 aromatic carbocycles. The summed E-state index contributed by atoms with van der Waals surface area (Å²) in [5, 5.41) is 8.78. The second kappa shape index (κ2) is 4.45. The SMILES string of the molecule is OCCCc1cc(Br)cc(C2CC2)c1. The number of benzene rings is 1. The largest absolute Gasteiger partial charge is 0.396 e. The molecule has 1 aliphatic carbocycles. The van der Waals surface area contributed by atoms with Crippen molar-refractivity contribution in [2.75, 3.05) is 6.61 Å². The lowest BCUT2D eigenvalue weighted by Gasteiger charge is -2.05. The average Bonchev–Trinajstić information content (AvgIpc) is 2.97. The summed E-state index contributed by atoms with van der Waals surface area (Å²) in [6.45, 7) is 0.283. The van der Waals surface area contributed by atoms with Crippen molar-refractivity contribution < 1.29 is 5.11 Å². The van der Waals surface area contributed by atoms with Gasteiger partial charge in [-0.3, -0.25) is 0 Å². The van der Waals surface area contributed by atoms with Crippen LogP contribution in [0.3, 0.4) is 0 Å². The Balaban J connectivity index is 2.13. The van der Waals surface area contributed by atoms with Crippen LogP contribution in [0.2, 0.25) is 0 Å². The molecule has 0 bridgehead atoms. The van der Waals surface area contributed by atoms with E-state index in [4.69, 9.17) is 5.11 Å². The van der Waals surface area contributed by atoms with E-state index in [2.05, 4.69) is 34.1 Å². The van der Waals surface area contributed by atoms with E-state index in [-0.39, 0.29) is 6.61 Å². The van der Waals surface area contributed by atoms with Gasteiger partial charge < -0.3 is 5.11 Å². The van der Waals surface area contributed by atoms with Gasteiger partial charge >= 0.3 is 0 Å². The normalized spacial score (nSPS) is 15.9. The summed E-state index contributed by atoms with van der Waals surface area (Å²) in [7, 11) is 0. The van der Waals surface area contributed by atoms with Gasteiger partial charge in [0.1, 0.15) is 0 Å². The van der Waals surface area contributed by atoms with Gasteiger partial charge in [-0.25, -0.2) is 0 Å². The first-order chi connectivity index (χ1) is 6.79. The van der Waals surface area contributed by atoms with Crippen molar-refractivity contribution in [2.45, 2.75) is 31.6 Å². The smallest absolute Gasteiger partial charge is 0.0434 e. The summed E-state index contributed by atoms with van der Waals surface area (Å²) in [6.07, 6.45) is 4.53. The van der Waals surface area contributed by atoms with Crippen molar-refractivity contribution in [2.24, 2.45) is 0 Å². The van der Waals surface area contributed by atoms with Gasteiger partial charge in [0.05, 0.1) is 0 Å². The van der Waals surface area contributed by atoms with Crippen LogP contribution < -0.4 is 0 Å². The summed E-state index contributed by atoms with van der Waals surface area (Å²) >= 11 is 3.54. The maximum Gasteiger partial charge on any atom is 0.0434 e. The van der Waals surface area contributed by atoms with Crippen LogP contribution in [0.4, 0.5) is 0 Å². The highest BCUT2D eigenvalue weighted by molar-refractivity contribution is 9.10. The van der Waals surface area contributed by atoms with E-state index in [1.807, 2.05) is 0 Å². The first kappa shape index (κ1) is 10.2. The predicted molar refractivity (Wildman–Crippen MR) is 61.5 cm³/mol. The van der Waals surface area contributed by atoms with Crippen LogP contribution in [0, 0.1) is 0 Å². The maximum atomic E-state index is 8.78. The van der Waals surface area contributed by atoms with E-state index in [1.165, 1.54) is 28.4 Å². The predicted octanol–water partition coefficient (Wildman–Crippen LogP) is 3.25. The van der Waals surface area contributed by atoms with Crippen molar-refractivity contribution in [3.63, 3.8) is 0 Å². The maximum absolute atomic E-state index is 8.78. The summed E-state index contributed by atoms with van der Waals surface area (Å²) in [5.41, 5.74) is 2.81. The van der Waals surface area contributed by atoms with Crippen LogP contribution in [0.25, 0.3) is 0 Å². The highest BCUT2D eigenvalue weighted by Gasteiger charge is 2.23. The van der Waals surface area contributed by atoms with Gasteiger partial charge in [0.15, 0.2) is 0 Å². The standard InChI is InChI=1S/C12H15BrO/c13-12-7-9(2-1-5-14)6-11(8-12)10-3-4-10/h6-8,10,14H,1-5H2. The van der Waals surface area contributed by atoms with E-state index in [0.717, 1.165) is 18.8 Å². The summed E-state index contributed by atoms with van der Waals surface area (Å²) in [4.78, 5) is 0. The molecule has 0 saturated heterocycles. The quantitative estimate of drug-likeness (QED) is 0.875. The molecule has 2 heteroatoms. The molecule has 1 N–H and O–H groups in total. The third-order valence-corrected chi connectivity index (χ3v) is 3.11. The van der Waals surface area contributed by atoms with E-state index in [0.29, 0.717) is 0 Å². The van der Waals surface area contributed by atoms with E-state index in [9.17, 15) is 0 Å². The molecule has 0 spiro atoms. The molecule has 0 radical (unpaired) electrons. The van der Waals surface area contributed by atoms with Crippen molar-refractivity contribution in [1.82, 2.24) is 0 Å². The molecule has 1 aromatic rings. The zero-order valence-electron chi connectivity index (χ0n) is 8.17. The van der Waals surface area contributed by atoms with Crippen molar-refractivity contribution in [3.8, 4) is 0 Å². The zero-order chi connectivity index (χ0) is 9.97. The second-order valence-corrected chi connectivity index (χ2v) is 4.91. The fourth-order valence-electron chi connectivity index (χ4n) is 1.76. The molecule has 0 unspecified atom stereocenters. The van der Waals surface area contributed by atoms with E-state index >= 15 is 0 Å². The highest BCUT2D eigenvalue weighted by atomic mass is 79.9. The van der Waals surface area contributed by atoms with Crippen LogP contribution in [0.5, 0.6) is 0 Å². The van der Waals surface area contributed by atoms with Gasteiger partial charge in [-0.2, -0.15) is 0 Å². The van der Waals surface area contributed by atoms with Gasteiger partial charge in [-0.05, 0) is 54.9 Å². The molecule has 0 heterocycles. The zero-order valence-corrected chi connectivity index (χ0v) is 9.76. The van der Waals surface area contributed by atoms with Gasteiger partial charge in [-0.15, -0.1) is 0 Å². The van der Waals surface area contributed by atoms with Crippen LogP contribution in [0.1, 0.15) is 36.3 Å². The molecule has 0 aromatic heterocycles. The topological polar surface area (TPSA) is 20.2 Å². The van der Waals surface area contributed by atoms with Gasteiger partial charge in [0, 0.05) is 11.1 Å². The number of halogens is 1. The Morgan fingerprint density at radius 1 is 1.29 bits per heavy atom. The minimum Gasteiger partial charge on any atom is -0.396 e. The Morgan fingerprint density at radius 3 is 2.71 bits per heavy atom. The Kier molecular flexibility index (Phi) is 3.24. The Hall–Kier alpha value is -0.340. The highest BCUT2D eigenvalue weighted by Crippen LogP contribution is 2.41. The molecule has 1 fully saturated rings. The van der Waals surface area contributed by atoms with E-state index < -0.39 is 0 Å². The minimum absolute atomic E-state index is 0.283. The Morgan fingerprint density at radius 2 is 2.07 bits per heavy atom. The molecule has 0 aliphatic heterocycles. The van der Waals surface area contributed by atoms with Crippen molar-refractivity contribution in [1.29, 1.82) is 0 Å². The molecule has 1 saturated carbocycles. The summed E-state index contributed by atoms with van der Waals surface area (Å²) < 4.78 is 1.18. The lowest BCUT2D eigenvalue weighted by Crippen LogP contribution is -1.91. The molecule has 1 aliphatic rings. The van der Waals surface area contributed by atoms with Crippen LogP contribution >= 0.6 is 15.9 Å². The molecule has 14 heavy (non-hydrogen) atoms. The molecular weight excluding hydrogens is 240 g/mol. The van der Waals surface area contributed by atoms with Crippen LogP contribution in [0.15, 0.2) is 22.7 Å². The third-order valence-electron chi connectivity index (χ3n) is 2.65. The number of aryl methyl sites for hydroxylation is 1. The van der Waals surface area contributed by atoms with Gasteiger partial charge in [0.2, 0.25) is 0 Å². The summed E-state index contributed by atoms with van der Waals surface area (Å²) in [5.74, 6) is 0.806. The minimum atomic E-state index is 0.283. The van der Waals surface area contributed by atoms with Gasteiger partial charge in [-0.1, -0.05) is 22.0 Å². The number of hydrogen-bond acceptors (Lipinski definition) is 1. The summed E-state index contributed by atoms with van der Waals surface area (Å²) in [6, 6.07) is 6.67. The molecule has 0 atom stereocenters. The fourth-order valence-corrected chi connectivity index (χ4v) is 2.31. The Labute approximate surface area is 93.3 Å². The molecule has 0 amide bonds. The average molecular weight is 255 g/mol. The molecular formula is C12H15BrO. The van der Waals surface area contributed by atoms with E-state index in [1.54, 1.807) is 0 Å². The van der Waals surface area contributed by atoms with Gasteiger partial charge in [0.25, 0.3) is 0 Å². The van der Waals surface area contributed by atoms with Crippen molar-refractivity contribution in [3.05, 3.63) is 33.8 Å². The molecule has 1 nitrogen and oxygen atoms in total. The molecule has 76 valence electrons. The third kappa shape index (κ3) is 2.58.